The van der Waals surface area contributed by atoms with Crippen molar-refractivity contribution >= 4 is 29.9 Å². The summed E-state index contributed by atoms with van der Waals surface area (Å²) in [5.41, 5.74) is 2.04. The van der Waals surface area contributed by atoms with E-state index in [4.69, 9.17) is 14.6 Å². The number of aliphatic hydroxyl groups excluding tert-OH is 1. The van der Waals surface area contributed by atoms with Gasteiger partial charge in [0.15, 0.2) is 17.5 Å². The highest BCUT2D eigenvalue weighted by Gasteiger charge is 2.06. The van der Waals surface area contributed by atoms with Crippen molar-refractivity contribution in [3.63, 3.8) is 0 Å². The van der Waals surface area contributed by atoms with Crippen molar-refractivity contribution in [3.05, 3.63) is 59.4 Å². The number of halogens is 2. The number of methoxy groups -OCH3 is 1. The van der Waals surface area contributed by atoms with Gasteiger partial charge in [-0.2, -0.15) is 0 Å². The molecule has 2 aromatic rings. The Morgan fingerprint density at radius 3 is 2.45 bits per heavy atom. The van der Waals surface area contributed by atoms with Gasteiger partial charge in [-0.3, -0.25) is 0 Å². The summed E-state index contributed by atoms with van der Waals surface area (Å²) in [6.45, 7) is 4.09. The first kappa shape index (κ1) is 25.0. The Morgan fingerprint density at radius 2 is 1.79 bits per heavy atom. The van der Waals surface area contributed by atoms with Crippen LogP contribution in [0.1, 0.15) is 18.1 Å². The first-order valence-corrected chi connectivity index (χ1v) is 9.33. The first-order valence-electron chi connectivity index (χ1n) is 9.33. The average molecular weight is 517 g/mol. The number of nitrogens with one attached hydrogen (secondary N) is 2. The van der Waals surface area contributed by atoms with Gasteiger partial charge >= 0.3 is 0 Å². The van der Waals surface area contributed by atoms with Gasteiger partial charge in [0, 0.05) is 13.1 Å². The van der Waals surface area contributed by atoms with Crippen molar-refractivity contribution in [3.8, 4) is 11.5 Å². The van der Waals surface area contributed by atoms with Crippen LogP contribution >= 0.6 is 24.0 Å². The van der Waals surface area contributed by atoms with Crippen LogP contribution in [0.15, 0.2) is 47.5 Å². The molecule has 0 heterocycles. The van der Waals surface area contributed by atoms with Crippen LogP contribution in [-0.2, 0) is 13.0 Å². The molecule has 0 aliphatic heterocycles. The lowest BCUT2D eigenvalue weighted by Gasteiger charge is -2.13. The van der Waals surface area contributed by atoms with Crippen LogP contribution in [0, 0.1) is 5.82 Å². The fraction of sp³-hybridized carbons (Fsp3) is 0.381. The molecule has 0 saturated carbocycles. The molecule has 6 nitrogen and oxygen atoms in total. The smallest absolute Gasteiger partial charge is 0.191 e. The number of rotatable bonds is 10. The second-order valence-electron chi connectivity index (χ2n) is 6.06. The Kier molecular flexibility index (Phi) is 12.1. The highest BCUT2D eigenvalue weighted by molar-refractivity contribution is 14.0. The van der Waals surface area contributed by atoms with E-state index in [0.717, 1.165) is 24.1 Å². The predicted molar refractivity (Wildman–Crippen MR) is 124 cm³/mol. The van der Waals surface area contributed by atoms with Crippen LogP contribution in [0.4, 0.5) is 4.39 Å². The van der Waals surface area contributed by atoms with Crippen molar-refractivity contribution in [2.45, 2.75) is 19.9 Å². The first-order chi connectivity index (χ1) is 13.7. The largest absolute Gasteiger partial charge is 0.493 e. The van der Waals surface area contributed by atoms with Gasteiger partial charge in [0.05, 0.1) is 20.3 Å². The maximum Gasteiger partial charge on any atom is 0.191 e. The van der Waals surface area contributed by atoms with Crippen LogP contribution in [0.2, 0.25) is 0 Å². The molecule has 0 atom stereocenters. The van der Waals surface area contributed by atoms with Gasteiger partial charge in [0.2, 0.25) is 0 Å². The molecule has 29 heavy (non-hydrogen) atoms. The molecule has 2 rings (SSSR count). The van der Waals surface area contributed by atoms with E-state index in [1.54, 1.807) is 19.2 Å². The van der Waals surface area contributed by atoms with Gasteiger partial charge < -0.3 is 25.2 Å². The summed E-state index contributed by atoms with van der Waals surface area (Å²) in [6, 6.07) is 12.1. The van der Waals surface area contributed by atoms with Crippen molar-refractivity contribution < 1.29 is 19.0 Å². The SMILES string of the molecule is CCNC(=NCc1ccc(OCCO)c(OC)c1)NCCc1ccc(F)cc1.I. The van der Waals surface area contributed by atoms with Crippen LogP contribution in [0.25, 0.3) is 0 Å². The molecular weight excluding hydrogens is 488 g/mol. The van der Waals surface area contributed by atoms with Crippen LogP contribution in [0.5, 0.6) is 11.5 Å². The number of hydrogen-bond acceptors (Lipinski definition) is 4. The molecule has 0 fully saturated rings. The fourth-order valence-corrected chi connectivity index (χ4v) is 2.57. The third kappa shape index (κ3) is 8.86. The molecule has 160 valence electrons. The lowest BCUT2D eigenvalue weighted by atomic mass is 10.1. The summed E-state index contributed by atoms with van der Waals surface area (Å²) in [7, 11) is 1.58. The maximum atomic E-state index is 13.0. The summed E-state index contributed by atoms with van der Waals surface area (Å²) in [6.07, 6.45) is 0.773. The summed E-state index contributed by atoms with van der Waals surface area (Å²) < 4.78 is 23.8. The van der Waals surface area contributed by atoms with E-state index in [9.17, 15) is 4.39 Å². The summed E-state index contributed by atoms with van der Waals surface area (Å²) >= 11 is 0. The number of aliphatic imine (C=N–C) groups is 1. The zero-order chi connectivity index (χ0) is 20.2. The van der Waals surface area contributed by atoms with E-state index >= 15 is 0 Å². The number of nitrogens with zero attached hydrogens (tertiary/aromatic N) is 1. The molecule has 0 unspecified atom stereocenters. The normalized spacial score (nSPS) is 10.8. The minimum Gasteiger partial charge on any atom is -0.493 e. The Balaban J connectivity index is 0.00000420. The lowest BCUT2D eigenvalue weighted by molar-refractivity contribution is 0.196. The Bertz CT molecular complexity index is 757. The second-order valence-corrected chi connectivity index (χ2v) is 6.06. The monoisotopic (exact) mass is 517 g/mol. The molecular formula is C21H29FIN3O3. The van der Waals surface area contributed by atoms with Crippen LogP contribution in [0.3, 0.4) is 0 Å². The summed E-state index contributed by atoms with van der Waals surface area (Å²) in [5.74, 6) is 1.68. The number of guanidine groups is 1. The van der Waals surface area contributed by atoms with Gasteiger partial charge in [-0.15, -0.1) is 24.0 Å². The molecule has 0 aliphatic carbocycles. The third-order valence-corrected chi connectivity index (χ3v) is 3.96. The minimum atomic E-state index is -0.227. The third-order valence-electron chi connectivity index (χ3n) is 3.96. The molecule has 3 N–H and O–H groups in total. The highest BCUT2D eigenvalue weighted by atomic mass is 127. The molecule has 8 heteroatoms. The van der Waals surface area contributed by atoms with Gasteiger partial charge in [-0.05, 0) is 48.7 Å². The van der Waals surface area contributed by atoms with Crippen molar-refractivity contribution in [1.29, 1.82) is 0 Å². The zero-order valence-corrected chi connectivity index (χ0v) is 19.1. The zero-order valence-electron chi connectivity index (χ0n) is 16.8. The van der Waals surface area contributed by atoms with Crippen molar-refractivity contribution in [2.75, 3.05) is 33.4 Å². The van der Waals surface area contributed by atoms with E-state index in [1.165, 1.54) is 12.1 Å². The average Bonchev–Trinajstić information content (AvgIpc) is 2.72. The maximum absolute atomic E-state index is 13.0. The predicted octanol–water partition coefficient (Wildman–Crippen LogP) is 3.12. The lowest BCUT2D eigenvalue weighted by Crippen LogP contribution is -2.38. The summed E-state index contributed by atoms with van der Waals surface area (Å²) in [4.78, 5) is 4.59. The number of benzene rings is 2. The Labute approximate surface area is 188 Å². The van der Waals surface area contributed by atoms with Crippen molar-refractivity contribution in [2.24, 2.45) is 4.99 Å². The van der Waals surface area contributed by atoms with Gasteiger partial charge in [-0.1, -0.05) is 18.2 Å². The van der Waals surface area contributed by atoms with E-state index in [1.807, 2.05) is 25.1 Å². The molecule has 0 amide bonds. The molecule has 0 bridgehead atoms. The summed E-state index contributed by atoms with van der Waals surface area (Å²) in [5, 5.41) is 15.4. The molecule has 0 radical (unpaired) electrons. The molecule has 0 saturated heterocycles. The molecule has 0 aliphatic rings. The topological polar surface area (TPSA) is 75.1 Å². The van der Waals surface area contributed by atoms with Gasteiger partial charge in [0.1, 0.15) is 12.4 Å². The van der Waals surface area contributed by atoms with Gasteiger partial charge in [-0.25, -0.2) is 9.38 Å². The van der Waals surface area contributed by atoms with E-state index in [2.05, 4.69) is 15.6 Å². The highest BCUT2D eigenvalue weighted by Crippen LogP contribution is 2.28. The van der Waals surface area contributed by atoms with E-state index in [0.29, 0.717) is 30.5 Å². The number of aliphatic hydroxyl groups is 1. The second kappa shape index (κ2) is 14.0. The van der Waals surface area contributed by atoms with Gasteiger partial charge in [0.25, 0.3) is 0 Å². The standard InChI is InChI=1S/C21H28FN3O3.HI/c1-3-23-21(24-11-10-16-4-7-18(22)8-5-16)25-15-17-6-9-19(28-13-12-26)20(14-17)27-2;/h4-9,14,26H,3,10-13,15H2,1-2H3,(H2,23,24,25);1H. The van der Waals surface area contributed by atoms with E-state index in [-0.39, 0.29) is 43.0 Å². The number of ether oxygens (including phenoxy) is 2. The molecule has 2 aromatic carbocycles. The van der Waals surface area contributed by atoms with E-state index < -0.39 is 0 Å². The van der Waals surface area contributed by atoms with Crippen LogP contribution in [-0.4, -0.2) is 44.5 Å². The Morgan fingerprint density at radius 1 is 1.07 bits per heavy atom. The number of hydrogen-bond donors (Lipinski definition) is 3. The Hall–Kier alpha value is -2.07. The minimum absolute atomic E-state index is 0. The molecule has 0 spiro atoms. The van der Waals surface area contributed by atoms with Crippen LogP contribution < -0.4 is 20.1 Å². The quantitative estimate of drug-likeness (QED) is 0.257. The fourth-order valence-electron chi connectivity index (χ4n) is 2.57. The molecule has 0 aromatic heterocycles. The van der Waals surface area contributed by atoms with Crippen molar-refractivity contribution in [1.82, 2.24) is 10.6 Å².